The summed E-state index contributed by atoms with van der Waals surface area (Å²) in [5, 5.41) is 7.35. The van der Waals surface area contributed by atoms with Crippen molar-refractivity contribution in [2.75, 3.05) is 12.1 Å². The van der Waals surface area contributed by atoms with Crippen molar-refractivity contribution in [2.24, 2.45) is 5.92 Å². The minimum Gasteiger partial charge on any atom is -0.454 e. The highest BCUT2D eigenvalue weighted by molar-refractivity contribution is 5.97. The van der Waals surface area contributed by atoms with Gasteiger partial charge in [-0.25, -0.2) is 4.79 Å². The Morgan fingerprint density at radius 1 is 1.13 bits per heavy atom. The van der Waals surface area contributed by atoms with Gasteiger partial charge in [-0.2, -0.15) is 13.2 Å². The number of hydrogen-bond donors (Lipinski definition) is 3. The lowest BCUT2D eigenvalue weighted by Crippen LogP contribution is -2.51. The minimum absolute atomic E-state index is 0.0439. The second-order valence-corrected chi connectivity index (χ2v) is 6.72. The number of alkyl halides is 3. The third-order valence-electron chi connectivity index (χ3n) is 4.80. The molecule has 0 spiro atoms. The van der Waals surface area contributed by atoms with Gasteiger partial charge in [-0.05, 0) is 29.8 Å². The van der Waals surface area contributed by atoms with Crippen LogP contribution in [0.4, 0.5) is 23.7 Å². The molecular weight excluding hydrogens is 403 g/mol. The molecule has 156 valence electrons. The van der Waals surface area contributed by atoms with Crippen molar-refractivity contribution in [1.82, 2.24) is 10.6 Å². The highest BCUT2D eigenvalue weighted by Gasteiger charge is 2.40. The predicted octanol–water partition coefficient (Wildman–Crippen LogP) is 3.56. The summed E-state index contributed by atoms with van der Waals surface area (Å²) in [5.74, 6) is -0.887. The number of nitrogens with one attached hydrogen (secondary N) is 3. The molecule has 0 unspecified atom stereocenters. The monoisotopic (exact) mass is 419 g/mol. The average molecular weight is 419 g/mol. The Labute approximate surface area is 168 Å². The van der Waals surface area contributed by atoms with Gasteiger partial charge in [0.1, 0.15) is 5.92 Å². The molecule has 2 atom stereocenters. The summed E-state index contributed by atoms with van der Waals surface area (Å²) >= 11 is 0. The van der Waals surface area contributed by atoms with Gasteiger partial charge < -0.3 is 25.4 Å². The first-order valence-corrected chi connectivity index (χ1v) is 8.87. The van der Waals surface area contributed by atoms with E-state index in [4.69, 9.17) is 9.47 Å². The molecule has 1 fully saturated rings. The van der Waals surface area contributed by atoms with E-state index in [0.29, 0.717) is 17.1 Å². The molecule has 2 aromatic carbocycles. The van der Waals surface area contributed by atoms with Crippen molar-refractivity contribution in [1.29, 1.82) is 0 Å². The summed E-state index contributed by atoms with van der Waals surface area (Å²) in [6, 6.07) is 8.07. The van der Waals surface area contributed by atoms with E-state index in [1.807, 2.05) is 0 Å². The number of urea groups is 1. The molecule has 2 aliphatic rings. The van der Waals surface area contributed by atoms with Crippen LogP contribution in [-0.2, 0) is 11.0 Å². The van der Waals surface area contributed by atoms with Crippen molar-refractivity contribution in [2.45, 2.75) is 12.2 Å². The molecule has 2 heterocycles. The highest BCUT2D eigenvalue weighted by atomic mass is 19.4. The molecule has 10 heteroatoms. The Morgan fingerprint density at radius 3 is 2.63 bits per heavy atom. The molecule has 2 aliphatic heterocycles. The topological polar surface area (TPSA) is 88.7 Å². The molecule has 2 aromatic rings. The van der Waals surface area contributed by atoms with Gasteiger partial charge in [0.05, 0.1) is 17.3 Å². The van der Waals surface area contributed by atoms with Crippen molar-refractivity contribution in [3.63, 3.8) is 0 Å². The van der Waals surface area contributed by atoms with Crippen molar-refractivity contribution in [3.8, 4) is 11.5 Å². The summed E-state index contributed by atoms with van der Waals surface area (Å²) in [6.07, 6.45) is -4.64. The third-order valence-corrected chi connectivity index (χ3v) is 4.80. The summed E-state index contributed by atoms with van der Waals surface area (Å²) < 4.78 is 50.4. The summed E-state index contributed by atoms with van der Waals surface area (Å²) in [7, 11) is 0. The fraction of sp³-hybridized carbons (Fsp3) is 0.200. The van der Waals surface area contributed by atoms with Crippen LogP contribution in [0, 0.1) is 5.92 Å². The van der Waals surface area contributed by atoms with E-state index < -0.39 is 35.6 Å². The average Bonchev–Trinajstić information content (AvgIpc) is 3.14. The maximum Gasteiger partial charge on any atom is 0.418 e. The van der Waals surface area contributed by atoms with Crippen molar-refractivity contribution >= 4 is 17.6 Å². The lowest BCUT2D eigenvalue weighted by Gasteiger charge is -2.34. The van der Waals surface area contributed by atoms with Crippen LogP contribution in [0.15, 0.2) is 54.7 Å². The minimum atomic E-state index is -4.64. The van der Waals surface area contributed by atoms with Gasteiger partial charge in [-0.3, -0.25) is 4.79 Å². The zero-order chi connectivity index (χ0) is 21.5. The first kappa shape index (κ1) is 19.6. The van der Waals surface area contributed by atoms with Gasteiger partial charge in [0, 0.05) is 5.70 Å². The molecule has 0 saturated carbocycles. The molecule has 4 rings (SSSR count). The molecule has 0 radical (unpaired) electrons. The van der Waals surface area contributed by atoms with Gasteiger partial charge in [-0.15, -0.1) is 0 Å². The Hall–Kier alpha value is -3.69. The lowest BCUT2D eigenvalue weighted by atomic mass is 9.88. The number of ether oxygens (including phenoxy) is 2. The number of fused-ring (bicyclic) bond motifs is 1. The van der Waals surface area contributed by atoms with Gasteiger partial charge >= 0.3 is 12.2 Å². The molecule has 3 amide bonds. The third kappa shape index (κ3) is 3.63. The zero-order valence-electron chi connectivity index (χ0n) is 15.4. The Kier molecular flexibility index (Phi) is 4.76. The van der Waals surface area contributed by atoms with Gasteiger partial charge in [0.15, 0.2) is 11.5 Å². The Bertz CT molecular complexity index is 1040. The second kappa shape index (κ2) is 7.29. The lowest BCUT2D eigenvalue weighted by molar-refractivity contribution is -0.137. The Balaban J connectivity index is 1.66. The van der Waals surface area contributed by atoms with E-state index in [1.165, 1.54) is 12.1 Å². The fourth-order valence-electron chi connectivity index (χ4n) is 3.43. The SMILES string of the molecule is C=C1NC(=O)N[C@@H](c2ccc3c(c2)OCO3)[C@@H]1C(=O)Nc1ccccc1C(F)(F)F. The molecule has 0 bridgehead atoms. The van der Waals surface area contributed by atoms with Crippen molar-refractivity contribution in [3.05, 3.63) is 65.9 Å². The van der Waals surface area contributed by atoms with E-state index in [1.54, 1.807) is 18.2 Å². The number of halogens is 3. The number of carbonyl (C=O) groups is 2. The van der Waals surface area contributed by atoms with E-state index in [-0.39, 0.29) is 18.2 Å². The summed E-state index contributed by atoms with van der Waals surface area (Å²) in [5.41, 5.74) is -0.788. The van der Waals surface area contributed by atoms with E-state index in [9.17, 15) is 22.8 Å². The standard InChI is InChI=1S/C20H16F3N3O4/c1-10-16(18(27)25-13-5-3-2-4-12(13)20(21,22)23)17(26-19(28)24-10)11-6-7-14-15(8-11)30-9-29-14/h2-8,16-17H,1,9H2,(H,25,27)(H2,24,26,28)/t16-,17+/m1/s1. The summed E-state index contributed by atoms with van der Waals surface area (Å²) in [6.45, 7) is 3.76. The number of rotatable bonds is 3. The molecule has 1 saturated heterocycles. The molecular formula is C20H16F3N3O4. The first-order valence-electron chi connectivity index (χ1n) is 8.87. The molecule has 30 heavy (non-hydrogen) atoms. The van der Waals surface area contributed by atoms with E-state index in [2.05, 4.69) is 22.5 Å². The second-order valence-electron chi connectivity index (χ2n) is 6.72. The summed E-state index contributed by atoms with van der Waals surface area (Å²) in [4.78, 5) is 25.0. The molecule has 0 aromatic heterocycles. The van der Waals surface area contributed by atoms with E-state index >= 15 is 0 Å². The fourth-order valence-corrected chi connectivity index (χ4v) is 3.43. The van der Waals surface area contributed by atoms with Crippen LogP contribution in [-0.4, -0.2) is 18.7 Å². The van der Waals surface area contributed by atoms with Crippen LogP contribution in [0.3, 0.4) is 0 Å². The number of anilines is 1. The largest absolute Gasteiger partial charge is 0.454 e. The van der Waals surface area contributed by atoms with Crippen LogP contribution in [0.1, 0.15) is 17.2 Å². The number of hydrogen-bond acceptors (Lipinski definition) is 4. The number of carbonyl (C=O) groups excluding carboxylic acids is 2. The predicted molar refractivity (Wildman–Crippen MR) is 99.7 cm³/mol. The first-order chi connectivity index (χ1) is 14.2. The zero-order valence-corrected chi connectivity index (χ0v) is 15.4. The van der Waals surface area contributed by atoms with Crippen LogP contribution in [0.25, 0.3) is 0 Å². The quantitative estimate of drug-likeness (QED) is 0.710. The van der Waals surface area contributed by atoms with Crippen LogP contribution >= 0.6 is 0 Å². The smallest absolute Gasteiger partial charge is 0.418 e. The van der Waals surface area contributed by atoms with Gasteiger partial charge in [0.2, 0.25) is 12.7 Å². The Morgan fingerprint density at radius 2 is 1.87 bits per heavy atom. The maximum absolute atomic E-state index is 13.3. The van der Waals surface area contributed by atoms with E-state index in [0.717, 1.165) is 12.1 Å². The van der Waals surface area contributed by atoms with Crippen LogP contribution < -0.4 is 25.4 Å². The number of benzene rings is 2. The number of amides is 3. The van der Waals surface area contributed by atoms with Crippen molar-refractivity contribution < 1.29 is 32.2 Å². The van der Waals surface area contributed by atoms with Gasteiger partial charge in [-0.1, -0.05) is 24.8 Å². The molecule has 7 nitrogen and oxygen atoms in total. The van der Waals surface area contributed by atoms with Crippen LogP contribution in [0.5, 0.6) is 11.5 Å². The normalized spacial score (nSPS) is 20.4. The molecule has 3 N–H and O–H groups in total. The maximum atomic E-state index is 13.3. The molecule has 0 aliphatic carbocycles. The van der Waals surface area contributed by atoms with Gasteiger partial charge in [0.25, 0.3) is 0 Å². The highest BCUT2D eigenvalue weighted by Crippen LogP contribution is 2.39. The number of para-hydroxylation sites is 1. The van der Waals surface area contributed by atoms with Crippen LogP contribution in [0.2, 0.25) is 0 Å².